The molecule has 5 aromatic rings. The second kappa shape index (κ2) is 8.02. The second-order valence-corrected chi connectivity index (χ2v) is 8.20. The number of aromatic nitrogens is 4. The Morgan fingerprint density at radius 2 is 1.67 bits per heavy atom. The van der Waals surface area contributed by atoms with Gasteiger partial charge in [0.2, 0.25) is 11.7 Å². The lowest BCUT2D eigenvalue weighted by Gasteiger charge is -2.14. The molecule has 0 bridgehead atoms. The number of hydrogen-bond donors (Lipinski definition) is 0. The molecule has 33 heavy (non-hydrogen) atoms. The van der Waals surface area contributed by atoms with Crippen molar-refractivity contribution in [1.29, 1.82) is 0 Å². The molecular formula is C26H22N4O3. The van der Waals surface area contributed by atoms with E-state index in [4.69, 9.17) is 4.52 Å². The molecule has 2 heterocycles. The van der Waals surface area contributed by atoms with Crippen LogP contribution < -0.4 is 11.2 Å². The average molecular weight is 438 g/mol. The Balaban J connectivity index is 1.69. The molecular weight excluding hydrogens is 416 g/mol. The highest BCUT2D eigenvalue weighted by atomic mass is 16.5. The van der Waals surface area contributed by atoms with Crippen molar-refractivity contribution in [3.05, 3.63) is 110 Å². The number of para-hydroxylation sites is 1. The summed E-state index contributed by atoms with van der Waals surface area (Å²) < 4.78 is 8.21. The van der Waals surface area contributed by atoms with Gasteiger partial charge in [0.15, 0.2) is 0 Å². The second-order valence-electron chi connectivity index (χ2n) is 8.20. The fourth-order valence-electron chi connectivity index (χ4n) is 4.00. The highest BCUT2D eigenvalue weighted by Gasteiger charge is 2.18. The Labute approximate surface area is 189 Å². The number of benzene rings is 3. The van der Waals surface area contributed by atoms with Crippen molar-refractivity contribution >= 4 is 10.9 Å². The molecule has 2 aromatic heterocycles. The zero-order chi connectivity index (χ0) is 23.1. The lowest BCUT2D eigenvalue weighted by atomic mass is 10.1. The maximum atomic E-state index is 13.6. The summed E-state index contributed by atoms with van der Waals surface area (Å²) in [6.07, 6.45) is 0. The van der Waals surface area contributed by atoms with Crippen LogP contribution >= 0.6 is 0 Å². The molecule has 3 aromatic carbocycles. The summed E-state index contributed by atoms with van der Waals surface area (Å²) in [7, 11) is 0. The first-order chi connectivity index (χ1) is 15.9. The van der Waals surface area contributed by atoms with Crippen LogP contribution in [0.15, 0.2) is 80.8 Å². The number of aryl methyl sites for hydroxylation is 3. The van der Waals surface area contributed by atoms with Crippen LogP contribution in [0.3, 0.4) is 0 Å². The molecule has 0 aliphatic heterocycles. The molecule has 0 N–H and O–H groups in total. The number of nitrogens with zero attached hydrogens (tertiary/aromatic N) is 4. The summed E-state index contributed by atoms with van der Waals surface area (Å²) in [5, 5.41) is 4.53. The number of fused-ring (bicyclic) bond motifs is 1. The fraction of sp³-hybridized carbons (Fsp3) is 0.154. The molecule has 5 rings (SSSR count). The zero-order valence-corrected chi connectivity index (χ0v) is 18.6. The quantitative estimate of drug-likeness (QED) is 0.420. The minimum absolute atomic E-state index is 0.0449. The molecule has 0 fully saturated rings. The topological polar surface area (TPSA) is 82.9 Å². The molecule has 0 saturated heterocycles. The van der Waals surface area contributed by atoms with Gasteiger partial charge in [0.05, 0.1) is 16.6 Å². The molecule has 7 heteroatoms. The monoisotopic (exact) mass is 438 g/mol. The smallest absolute Gasteiger partial charge is 0.336 e. The maximum absolute atomic E-state index is 13.6. The summed E-state index contributed by atoms with van der Waals surface area (Å²) in [4.78, 5) is 31.5. The largest absolute Gasteiger partial charge is 0.337 e. The number of rotatable bonds is 4. The molecule has 0 radical (unpaired) electrons. The van der Waals surface area contributed by atoms with Gasteiger partial charge in [-0.05, 0) is 56.2 Å². The van der Waals surface area contributed by atoms with Crippen molar-refractivity contribution in [1.82, 2.24) is 19.3 Å². The van der Waals surface area contributed by atoms with E-state index < -0.39 is 5.69 Å². The third kappa shape index (κ3) is 3.67. The van der Waals surface area contributed by atoms with Crippen LogP contribution in [0.4, 0.5) is 0 Å². The normalized spacial score (nSPS) is 11.2. The Kier molecular flexibility index (Phi) is 5.01. The van der Waals surface area contributed by atoms with Crippen LogP contribution in [0.5, 0.6) is 0 Å². The lowest BCUT2D eigenvalue weighted by molar-refractivity contribution is 0.370. The Morgan fingerprint density at radius 3 is 2.48 bits per heavy atom. The predicted octanol–water partition coefficient (Wildman–Crippen LogP) is 4.18. The van der Waals surface area contributed by atoms with Crippen LogP contribution in [-0.2, 0) is 6.54 Å². The van der Waals surface area contributed by atoms with Gasteiger partial charge in [0, 0.05) is 5.56 Å². The molecule has 0 unspecified atom stereocenters. The molecule has 7 nitrogen and oxygen atoms in total. The maximum Gasteiger partial charge on any atom is 0.336 e. The summed E-state index contributed by atoms with van der Waals surface area (Å²) in [6.45, 7) is 5.85. The highest BCUT2D eigenvalue weighted by Crippen LogP contribution is 2.19. The van der Waals surface area contributed by atoms with E-state index in [1.165, 1.54) is 9.13 Å². The van der Waals surface area contributed by atoms with Gasteiger partial charge in [-0.25, -0.2) is 9.36 Å². The van der Waals surface area contributed by atoms with E-state index >= 15 is 0 Å². The van der Waals surface area contributed by atoms with Gasteiger partial charge in [-0.15, -0.1) is 0 Å². The average Bonchev–Trinajstić information content (AvgIpc) is 3.28. The van der Waals surface area contributed by atoms with Crippen LogP contribution in [-0.4, -0.2) is 19.3 Å². The van der Waals surface area contributed by atoms with Crippen LogP contribution in [0.25, 0.3) is 28.0 Å². The SMILES string of the molecule is Cc1cccc(-c2noc(Cn3c(=O)n(-c4cc(C)ccc4C)c(=O)c4ccccc43)n2)c1. The molecule has 0 aliphatic rings. The van der Waals surface area contributed by atoms with Crippen molar-refractivity contribution in [2.24, 2.45) is 0 Å². The van der Waals surface area contributed by atoms with Crippen LogP contribution in [0.2, 0.25) is 0 Å². The van der Waals surface area contributed by atoms with Crippen LogP contribution in [0.1, 0.15) is 22.6 Å². The molecule has 0 saturated carbocycles. The van der Waals surface area contributed by atoms with E-state index in [9.17, 15) is 9.59 Å². The molecule has 0 aliphatic carbocycles. The van der Waals surface area contributed by atoms with Gasteiger partial charge in [-0.1, -0.05) is 53.2 Å². The summed E-state index contributed by atoms with van der Waals surface area (Å²) >= 11 is 0. The minimum atomic E-state index is -0.456. The van der Waals surface area contributed by atoms with Crippen LogP contribution in [0, 0.1) is 20.8 Å². The standard InChI is InChI=1S/C26H22N4O3/c1-16-7-6-8-19(13-16)24-27-23(33-28-24)15-29-21-10-5-4-9-20(21)25(31)30(26(29)32)22-14-17(2)11-12-18(22)3/h4-14H,15H2,1-3H3. The zero-order valence-electron chi connectivity index (χ0n) is 18.6. The summed E-state index contributed by atoms with van der Waals surface area (Å²) in [6, 6.07) is 20.6. The van der Waals surface area contributed by atoms with E-state index in [0.717, 1.165) is 22.3 Å². The van der Waals surface area contributed by atoms with Crippen molar-refractivity contribution in [2.75, 3.05) is 0 Å². The van der Waals surface area contributed by atoms with E-state index in [0.29, 0.717) is 22.4 Å². The summed E-state index contributed by atoms with van der Waals surface area (Å²) in [5.74, 6) is 0.735. The highest BCUT2D eigenvalue weighted by molar-refractivity contribution is 5.78. The van der Waals surface area contributed by atoms with Crippen molar-refractivity contribution < 1.29 is 4.52 Å². The van der Waals surface area contributed by atoms with Gasteiger partial charge >= 0.3 is 5.69 Å². The van der Waals surface area contributed by atoms with E-state index in [-0.39, 0.29) is 18.0 Å². The van der Waals surface area contributed by atoms with Crippen molar-refractivity contribution in [2.45, 2.75) is 27.3 Å². The predicted molar refractivity (Wildman–Crippen MR) is 127 cm³/mol. The first kappa shape index (κ1) is 20.6. The fourth-order valence-corrected chi connectivity index (χ4v) is 4.00. The molecule has 0 amide bonds. The third-order valence-corrected chi connectivity index (χ3v) is 5.69. The Morgan fingerprint density at radius 1 is 0.879 bits per heavy atom. The first-order valence-corrected chi connectivity index (χ1v) is 10.6. The van der Waals surface area contributed by atoms with Gasteiger partial charge in [-0.2, -0.15) is 4.98 Å². The Hall–Kier alpha value is -4.26. The molecule has 0 spiro atoms. The number of hydrogen-bond acceptors (Lipinski definition) is 5. The first-order valence-electron chi connectivity index (χ1n) is 10.6. The molecule has 0 atom stereocenters. The minimum Gasteiger partial charge on any atom is -0.337 e. The summed E-state index contributed by atoms with van der Waals surface area (Å²) in [5.41, 5.74) is 3.99. The Bertz CT molecular complexity index is 1630. The van der Waals surface area contributed by atoms with E-state index in [2.05, 4.69) is 10.1 Å². The molecule has 164 valence electrons. The van der Waals surface area contributed by atoms with E-state index in [1.54, 1.807) is 24.3 Å². The van der Waals surface area contributed by atoms with Crippen molar-refractivity contribution in [3.63, 3.8) is 0 Å². The third-order valence-electron chi connectivity index (χ3n) is 5.69. The van der Waals surface area contributed by atoms with Gasteiger partial charge in [-0.3, -0.25) is 9.36 Å². The van der Waals surface area contributed by atoms with Gasteiger partial charge in [0.1, 0.15) is 6.54 Å². The van der Waals surface area contributed by atoms with Gasteiger partial charge < -0.3 is 4.52 Å². The van der Waals surface area contributed by atoms with Gasteiger partial charge in [0.25, 0.3) is 5.56 Å². The van der Waals surface area contributed by atoms with E-state index in [1.807, 2.05) is 63.2 Å². The lowest BCUT2D eigenvalue weighted by Crippen LogP contribution is -2.39. The van der Waals surface area contributed by atoms with Crippen molar-refractivity contribution in [3.8, 4) is 17.1 Å².